The van der Waals surface area contributed by atoms with Crippen LogP contribution in [0, 0.1) is 6.92 Å². The van der Waals surface area contributed by atoms with Crippen molar-refractivity contribution in [1.82, 2.24) is 5.32 Å². The van der Waals surface area contributed by atoms with Crippen molar-refractivity contribution in [3.05, 3.63) is 65.2 Å². The van der Waals surface area contributed by atoms with E-state index in [1.165, 1.54) is 0 Å². The van der Waals surface area contributed by atoms with E-state index in [2.05, 4.69) is 10.6 Å². The van der Waals surface area contributed by atoms with Gasteiger partial charge in [-0.25, -0.2) is 0 Å². The van der Waals surface area contributed by atoms with Gasteiger partial charge in [0.1, 0.15) is 6.10 Å². The lowest BCUT2D eigenvalue weighted by atomic mass is 10.1. The molecule has 0 saturated carbocycles. The smallest absolute Gasteiger partial charge is 0.253 e. The van der Waals surface area contributed by atoms with Crippen molar-refractivity contribution in [3.63, 3.8) is 0 Å². The molecule has 2 aromatic rings. The van der Waals surface area contributed by atoms with Gasteiger partial charge in [0.15, 0.2) is 0 Å². The van der Waals surface area contributed by atoms with Crippen LogP contribution in [-0.4, -0.2) is 24.5 Å². The lowest BCUT2D eigenvalue weighted by molar-refractivity contribution is -0.124. The molecule has 0 aliphatic carbocycles. The summed E-state index contributed by atoms with van der Waals surface area (Å²) in [7, 11) is 0. The molecule has 1 saturated heterocycles. The van der Waals surface area contributed by atoms with Crippen molar-refractivity contribution < 1.29 is 14.3 Å². The van der Waals surface area contributed by atoms with Gasteiger partial charge >= 0.3 is 0 Å². The Bertz CT molecular complexity index is 767. The van der Waals surface area contributed by atoms with E-state index in [1.807, 2.05) is 31.2 Å². The molecular formula is C20H22N2O3. The zero-order valence-corrected chi connectivity index (χ0v) is 14.2. The number of hydrogen-bond acceptors (Lipinski definition) is 3. The fraction of sp³-hybridized carbons (Fsp3) is 0.300. The molecule has 1 aliphatic rings. The zero-order valence-electron chi connectivity index (χ0n) is 14.2. The van der Waals surface area contributed by atoms with Crippen molar-refractivity contribution >= 4 is 17.5 Å². The summed E-state index contributed by atoms with van der Waals surface area (Å²) in [6, 6.07) is 14.9. The second kappa shape index (κ2) is 7.94. The molecule has 0 radical (unpaired) electrons. The van der Waals surface area contributed by atoms with E-state index >= 15 is 0 Å². The maximum atomic E-state index is 12.4. The van der Waals surface area contributed by atoms with Gasteiger partial charge in [-0.2, -0.15) is 0 Å². The number of benzene rings is 2. The second-order valence-corrected chi connectivity index (χ2v) is 6.18. The van der Waals surface area contributed by atoms with E-state index in [1.54, 1.807) is 24.3 Å². The predicted molar refractivity (Wildman–Crippen MR) is 96.4 cm³/mol. The first kappa shape index (κ1) is 17.2. The summed E-state index contributed by atoms with van der Waals surface area (Å²) in [6.45, 7) is 3.11. The molecule has 5 nitrogen and oxygen atoms in total. The minimum atomic E-state index is -0.390. The van der Waals surface area contributed by atoms with Crippen LogP contribution in [0.1, 0.15) is 34.3 Å². The highest BCUT2D eigenvalue weighted by Crippen LogP contribution is 2.16. The van der Waals surface area contributed by atoms with Crippen LogP contribution >= 0.6 is 0 Å². The van der Waals surface area contributed by atoms with Gasteiger partial charge < -0.3 is 15.4 Å². The average molecular weight is 338 g/mol. The fourth-order valence-electron chi connectivity index (χ4n) is 2.83. The molecule has 130 valence electrons. The normalized spacial score (nSPS) is 16.4. The number of aryl methyl sites for hydroxylation is 1. The highest BCUT2D eigenvalue weighted by Gasteiger charge is 2.23. The molecule has 1 unspecified atom stereocenters. The summed E-state index contributed by atoms with van der Waals surface area (Å²) in [5.74, 6) is -0.327. The van der Waals surface area contributed by atoms with Crippen LogP contribution in [0.4, 0.5) is 5.69 Å². The Morgan fingerprint density at radius 3 is 2.76 bits per heavy atom. The van der Waals surface area contributed by atoms with E-state index in [-0.39, 0.29) is 11.8 Å². The molecule has 0 spiro atoms. The minimum Gasteiger partial charge on any atom is -0.368 e. The largest absolute Gasteiger partial charge is 0.368 e. The quantitative estimate of drug-likeness (QED) is 0.880. The lowest BCUT2D eigenvalue weighted by Crippen LogP contribution is -2.27. The molecule has 0 aromatic heterocycles. The Morgan fingerprint density at radius 2 is 2.00 bits per heavy atom. The van der Waals surface area contributed by atoms with Crippen LogP contribution in [0.15, 0.2) is 48.5 Å². The van der Waals surface area contributed by atoms with Crippen LogP contribution in [-0.2, 0) is 16.1 Å². The van der Waals surface area contributed by atoms with E-state index in [4.69, 9.17) is 4.74 Å². The minimum absolute atomic E-state index is 0.157. The third kappa shape index (κ3) is 4.45. The van der Waals surface area contributed by atoms with Crippen molar-refractivity contribution in [1.29, 1.82) is 0 Å². The monoisotopic (exact) mass is 338 g/mol. The first-order valence-corrected chi connectivity index (χ1v) is 8.49. The lowest BCUT2D eigenvalue weighted by Gasteiger charge is -2.12. The van der Waals surface area contributed by atoms with Crippen molar-refractivity contribution in [2.45, 2.75) is 32.4 Å². The Morgan fingerprint density at radius 1 is 1.16 bits per heavy atom. The number of nitrogens with one attached hydrogen (secondary N) is 2. The number of anilines is 1. The molecule has 2 amide bonds. The predicted octanol–water partition coefficient (Wildman–Crippen LogP) is 3.04. The Kier molecular flexibility index (Phi) is 5.46. The van der Waals surface area contributed by atoms with Gasteiger partial charge in [0.25, 0.3) is 11.8 Å². The van der Waals surface area contributed by atoms with Gasteiger partial charge in [-0.15, -0.1) is 0 Å². The summed E-state index contributed by atoms with van der Waals surface area (Å²) in [5, 5.41) is 5.73. The topological polar surface area (TPSA) is 67.4 Å². The molecule has 25 heavy (non-hydrogen) atoms. The molecule has 1 aliphatic heterocycles. The van der Waals surface area contributed by atoms with Crippen LogP contribution < -0.4 is 10.6 Å². The third-order valence-corrected chi connectivity index (χ3v) is 4.32. The maximum absolute atomic E-state index is 12.4. The van der Waals surface area contributed by atoms with E-state index in [0.29, 0.717) is 24.4 Å². The maximum Gasteiger partial charge on any atom is 0.253 e. The molecule has 3 rings (SSSR count). The number of ether oxygens (including phenoxy) is 1. The summed E-state index contributed by atoms with van der Waals surface area (Å²) in [4.78, 5) is 24.5. The van der Waals surface area contributed by atoms with Gasteiger partial charge in [0, 0.05) is 24.4 Å². The van der Waals surface area contributed by atoms with Crippen molar-refractivity contribution in [2.24, 2.45) is 0 Å². The molecule has 0 bridgehead atoms. The molecule has 2 aromatic carbocycles. The first-order valence-electron chi connectivity index (χ1n) is 8.49. The molecule has 1 fully saturated rings. The van der Waals surface area contributed by atoms with Gasteiger partial charge in [-0.3, -0.25) is 9.59 Å². The van der Waals surface area contributed by atoms with Gasteiger partial charge in [0.2, 0.25) is 0 Å². The number of carbonyl (C=O) groups is 2. The number of carbonyl (C=O) groups excluding carboxylic acids is 2. The van der Waals surface area contributed by atoms with Gasteiger partial charge in [0.05, 0.1) is 0 Å². The first-order chi connectivity index (χ1) is 12.1. The number of rotatable bonds is 5. The molecule has 1 heterocycles. The van der Waals surface area contributed by atoms with Crippen molar-refractivity contribution in [2.75, 3.05) is 11.9 Å². The van der Waals surface area contributed by atoms with Crippen LogP contribution in [0.2, 0.25) is 0 Å². The molecule has 1 atom stereocenters. The van der Waals surface area contributed by atoms with Crippen molar-refractivity contribution in [3.8, 4) is 0 Å². The summed E-state index contributed by atoms with van der Waals surface area (Å²) in [6.07, 6.45) is 1.25. The van der Waals surface area contributed by atoms with E-state index in [9.17, 15) is 9.59 Å². The standard InChI is InChI=1S/C20H22N2O3/c1-14-6-2-3-7-16(14)13-21-19(23)15-8-4-9-17(12-15)22-20(24)18-10-5-11-25-18/h2-4,6-9,12,18H,5,10-11,13H2,1H3,(H,21,23)(H,22,24). The Labute approximate surface area is 147 Å². The average Bonchev–Trinajstić information content (AvgIpc) is 3.16. The highest BCUT2D eigenvalue weighted by atomic mass is 16.5. The summed E-state index contributed by atoms with van der Waals surface area (Å²) < 4.78 is 5.37. The Hall–Kier alpha value is -2.66. The van der Waals surface area contributed by atoms with Gasteiger partial charge in [-0.1, -0.05) is 30.3 Å². The summed E-state index contributed by atoms with van der Waals surface area (Å²) >= 11 is 0. The number of hydrogen-bond donors (Lipinski definition) is 2. The molecule has 5 heteroatoms. The summed E-state index contributed by atoms with van der Waals surface area (Å²) in [5.41, 5.74) is 3.34. The van der Waals surface area contributed by atoms with E-state index < -0.39 is 6.10 Å². The number of amides is 2. The van der Waals surface area contributed by atoms with Crippen LogP contribution in [0.3, 0.4) is 0 Å². The third-order valence-electron chi connectivity index (χ3n) is 4.32. The SMILES string of the molecule is Cc1ccccc1CNC(=O)c1cccc(NC(=O)C2CCCO2)c1. The zero-order chi connectivity index (χ0) is 17.6. The van der Waals surface area contributed by atoms with Crippen LogP contribution in [0.25, 0.3) is 0 Å². The van der Waals surface area contributed by atoms with E-state index in [0.717, 1.165) is 24.0 Å². The fourth-order valence-corrected chi connectivity index (χ4v) is 2.83. The van der Waals surface area contributed by atoms with Crippen LogP contribution in [0.5, 0.6) is 0 Å². The second-order valence-electron chi connectivity index (χ2n) is 6.18. The van der Waals surface area contributed by atoms with Gasteiger partial charge in [-0.05, 0) is 49.1 Å². The highest BCUT2D eigenvalue weighted by molar-refractivity contribution is 5.98. The molecule has 2 N–H and O–H groups in total. The molecular weight excluding hydrogens is 316 g/mol. The Balaban J connectivity index is 1.61.